The van der Waals surface area contributed by atoms with Gasteiger partial charge in [0.05, 0.1) is 13.2 Å². The molecule has 3 nitrogen and oxygen atoms in total. The Hall–Kier alpha value is -1.09. The molecule has 68 valence electrons. The van der Waals surface area contributed by atoms with E-state index < -0.39 is 0 Å². The van der Waals surface area contributed by atoms with Gasteiger partial charge in [0.2, 0.25) is 0 Å². The van der Waals surface area contributed by atoms with Gasteiger partial charge in [-0.05, 0) is 13.8 Å². The first-order valence-corrected chi connectivity index (χ1v) is 3.83. The maximum absolute atomic E-state index is 11.0. The summed E-state index contributed by atoms with van der Waals surface area (Å²) in [5.41, 5.74) is 0.529. The lowest BCUT2D eigenvalue weighted by atomic mass is 10.3. The minimum atomic E-state index is -0.319. The highest BCUT2D eigenvalue weighted by molar-refractivity contribution is 5.88. The van der Waals surface area contributed by atoms with E-state index in [1.807, 2.05) is 0 Å². The fourth-order valence-electron chi connectivity index (χ4n) is 0.586. The molecule has 3 heteroatoms. The third kappa shape index (κ3) is 4.68. The molecule has 0 saturated carbocycles. The van der Waals surface area contributed by atoms with Crippen molar-refractivity contribution in [1.29, 1.82) is 0 Å². The normalized spacial score (nSPS) is 12.1. The van der Waals surface area contributed by atoms with Crippen LogP contribution < -0.4 is 0 Å². The zero-order valence-corrected chi connectivity index (χ0v) is 7.41. The van der Waals surface area contributed by atoms with Gasteiger partial charge in [0.15, 0.2) is 0 Å². The second kappa shape index (κ2) is 6.61. The van der Waals surface area contributed by atoms with Crippen LogP contribution in [0.1, 0.15) is 13.8 Å². The lowest BCUT2D eigenvalue weighted by molar-refractivity contribution is -0.138. The third-order valence-electron chi connectivity index (χ3n) is 1.19. The maximum atomic E-state index is 11.0. The molecule has 0 saturated heterocycles. The van der Waals surface area contributed by atoms with Gasteiger partial charge in [0.1, 0.15) is 0 Å². The number of carbonyl (C=O) groups is 1. The molecule has 0 bridgehead atoms. The Morgan fingerprint density at radius 2 is 2.25 bits per heavy atom. The molecule has 0 aliphatic heterocycles. The fourth-order valence-corrected chi connectivity index (χ4v) is 0.586. The number of esters is 1. The predicted octanol–water partition coefficient (Wildman–Crippen LogP) is 1.04. The van der Waals surface area contributed by atoms with E-state index in [4.69, 9.17) is 9.84 Å². The van der Waals surface area contributed by atoms with E-state index >= 15 is 0 Å². The van der Waals surface area contributed by atoms with Crippen LogP contribution in [-0.2, 0) is 9.53 Å². The molecule has 0 rings (SSSR count). The number of ether oxygens (including phenoxy) is 1. The predicted molar refractivity (Wildman–Crippen MR) is 46.6 cm³/mol. The fraction of sp³-hybridized carbons (Fsp3) is 0.444. The Morgan fingerprint density at radius 1 is 1.58 bits per heavy atom. The van der Waals surface area contributed by atoms with Crippen LogP contribution in [0.25, 0.3) is 0 Å². The minimum absolute atomic E-state index is 0.0212. The summed E-state index contributed by atoms with van der Waals surface area (Å²) in [6.07, 6.45) is 4.77. The SMILES string of the molecule is CCOC(=O)/C(C)=C/C=C/CO. The van der Waals surface area contributed by atoms with E-state index in [9.17, 15) is 4.79 Å². The Bertz CT molecular complexity index is 192. The molecule has 0 aromatic heterocycles. The molecule has 0 aromatic carbocycles. The Balaban J connectivity index is 3.99. The van der Waals surface area contributed by atoms with Gasteiger partial charge in [-0.3, -0.25) is 0 Å². The average Bonchev–Trinajstić information content (AvgIpc) is 2.05. The van der Waals surface area contributed by atoms with Crippen LogP contribution >= 0.6 is 0 Å². The van der Waals surface area contributed by atoms with Crippen LogP contribution in [0, 0.1) is 0 Å². The first kappa shape index (κ1) is 10.9. The molecule has 0 atom stereocenters. The average molecular weight is 170 g/mol. The zero-order chi connectivity index (χ0) is 9.40. The van der Waals surface area contributed by atoms with Crippen molar-refractivity contribution in [3.63, 3.8) is 0 Å². The van der Waals surface area contributed by atoms with Gasteiger partial charge in [-0.15, -0.1) is 0 Å². The van der Waals surface area contributed by atoms with E-state index in [0.29, 0.717) is 12.2 Å². The van der Waals surface area contributed by atoms with Crippen LogP contribution in [-0.4, -0.2) is 24.3 Å². The number of hydrogen-bond acceptors (Lipinski definition) is 3. The van der Waals surface area contributed by atoms with E-state index in [1.54, 1.807) is 32.1 Å². The van der Waals surface area contributed by atoms with Gasteiger partial charge in [-0.1, -0.05) is 18.2 Å². The standard InChI is InChI=1S/C9H14O3/c1-3-12-9(11)8(2)6-4-5-7-10/h4-6,10H,3,7H2,1-2H3/b5-4+,8-6+. The van der Waals surface area contributed by atoms with Crippen LogP contribution in [0.15, 0.2) is 23.8 Å². The molecule has 0 aromatic rings. The molecule has 12 heavy (non-hydrogen) atoms. The van der Waals surface area contributed by atoms with Gasteiger partial charge in [-0.25, -0.2) is 4.79 Å². The van der Waals surface area contributed by atoms with Gasteiger partial charge in [0.25, 0.3) is 0 Å². The first-order chi connectivity index (χ1) is 5.72. The highest BCUT2D eigenvalue weighted by Gasteiger charge is 2.01. The highest BCUT2D eigenvalue weighted by atomic mass is 16.5. The van der Waals surface area contributed by atoms with E-state index in [1.165, 1.54) is 0 Å². The molecule has 1 N–H and O–H groups in total. The van der Waals surface area contributed by atoms with Crippen molar-refractivity contribution in [2.45, 2.75) is 13.8 Å². The van der Waals surface area contributed by atoms with Crippen molar-refractivity contribution in [2.24, 2.45) is 0 Å². The summed E-state index contributed by atoms with van der Waals surface area (Å²) in [6.45, 7) is 3.79. The van der Waals surface area contributed by atoms with Gasteiger partial charge < -0.3 is 9.84 Å². The third-order valence-corrected chi connectivity index (χ3v) is 1.19. The lowest BCUT2D eigenvalue weighted by Gasteiger charge is -1.98. The monoisotopic (exact) mass is 170 g/mol. The van der Waals surface area contributed by atoms with Crippen molar-refractivity contribution in [2.75, 3.05) is 13.2 Å². The molecule has 0 aliphatic carbocycles. The Labute approximate surface area is 72.3 Å². The first-order valence-electron chi connectivity index (χ1n) is 3.83. The summed E-state index contributed by atoms with van der Waals surface area (Å²) in [7, 11) is 0. The molecular weight excluding hydrogens is 156 g/mol. The van der Waals surface area contributed by atoms with Crippen molar-refractivity contribution in [3.8, 4) is 0 Å². The number of rotatable bonds is 4. The number of aliphatic hydroxyl groups is 1. The maximum Gasteiger partial charge on any atom is 0.333 e. The molecule has 0 unspecified atom stereocenters. The largest absolute Gasteiger partial charge is 0.463 e. The quantitative estimate of drug-likeness (QED) is 0.389. The summed E-state index contributed by atoms with van der Waals surface area (Å²) in [6, 6.07) is 0. The molecule has 0 radical (unpaired) electrons. The summed E-state index contributed by atoms with van der Waals surface area (Å²) < 4.78 is 4.73. The molecule has 0 amide bonds. The van der Waals surface area contributed by atoms with E-state index in [0.717, 1.165) is 0 Å². The molecule has 0 heterocycles. The van der Waals surface area contributed by atoms with Crippen molar-refractivity contribution in [3.05, 3.63) is 23.8 Å². The Kier molecular flexibility index (Phi) is 6.01. The van der Waals surface area contributed by atoms with Crippen molar-refractivity contribution >= 4 is 5.97 Å². The molecule has 0 aliphatic rings. The summed E-state index contributed by atoms with van der Waals surface area (Å²) >= 11 is 0. The molecule has 0 spiro atoms. The van der Waals surface area contributed by atoms with E-state index in [-0.39, 0.29) is 12.6 Å². The second-order valence-corrected chi connectivity index (χ2v) is 2.18. The number of hydrogen-bond donors (Lipinski definition) is 1. The molecular formula is C9H14O3. The summed E-state index contributed by atoms with van der Waals surface area (Å²) in [5.74, 6) is -0.319. The van der Waals surface area contributed by atoms with Gasteiger partial charge >= 0.3 is 5.97 Å². The van der Waals surface area contributed by atoms with Crippen LogP contribution in [0.5, 0.6) is 0 Å². The number of carbonyl (C=O) groups excluding carboxylic acids is 1. The van der Waals surface area contributed by atoms with Crippen molar-refractivity contribution < 1.29 is 14.6 Å². The minimum Gasteiger partial charge on any atom is -0.463 e. The summed E-state index contributed by atoms with van der Waals surface area (Å²) in [5, 5.41) is 8.39. The van der Waals surface area contributed by atoms with Gasteiger partial charge in [0, 0.05) is 5.57 Å². The van der Waals surface area contributed by atoms with Crippen LogP contribution in [0.3, 0.4) is 0 Å². The second-order valence-electron chi connectivity index (χ2n) is 2.18. The number of allylic oxidation sites excluding steroid dienone is 2. The van der Waals surface area contributed by atoms with Crippen molar-refractivity contribution in [1.82, 2.24) is 0 Å². The Morgan fingerprint density at radius 3 is 2.75 bits per heavy atom. The molecule has 0 fully saturated rings. The number of aliphatic hydroxyl groups excluding tert-OH is 1. The topological polar surface area (TPSA) is 46.5 Å². The van der Waals surface area contributed by atoms with Crippen LogP contribution in [0.2, 0.25) is 0 Å². The van der Waals surface area contributed by atoms with Gasteiger partial charge in [-0.2, -0.15) is 0 Å². The smallest absolute Gasteiger partial charge is 0.333 e. The highest BCUT2D eigenvalue weighted by Crippen LogP contribution is 1.96. The summed E-state index contributed by atoms with van der Waals surface area (Å²) in [4.78, 5) is 11.0. The zero-order valence-electron chi connectivity index (χ0n) is 7.41. The van der Waals surface area contributed by atoms with Crippen LogP contribution in [0.4, 0.5) is 0 Å². The van der Waals surface area contributed by atoms with E-state index in [2.05, 4.69) is 0 Å². The lowest BCUT2D eigenvalue weighted by Crippen LogP contribution is -2.04.